The second kappa shape index (κ2) is 7.13. The topological polar surface area (TPSA) is 49.9 Å². The van der Waals surface area contributed by atoms with Gasteiger partial charge in [-0.15, -0.1) is 0 Å². The second-order valence-corrected chi connectivity index (χ2v) is 8.96. The molecule has 0 aromatic carbocycles. The van der Waals surface area contributed by atoms with E-state index in [2.05, 4.69) is 0 Å². The van der Waals surface area contributed by atoms with Crippen molar-refractivity contribution in [2.45, 2.75) is 77.4 Å². The summed E-state index contributed by atoms with van der Waals surface area (Å²) in [6.07, 6.45) is 2.43. The van der Waals surface area contributed by atoms with E-state index in [0.717, 1.165) is 19.3 Å². The molecule has 5 nitrogen and oxygen atoms in total. The van der Waals surface area contributed by atoms with Crippen LogP contribution in [0, 0.1) is 0 Å². The summed E-state index contributed by atoms with van der Waals surface area (Å²) in [5.74, 6) is 0. The lowest BCUT2D eigenvalue weighted by Gasteiger charge is -2.55. The molecule has 0 atom stereocenters. The molecular weight excluding hydrogens is 344 g/mol. The van der Waals surface area contributed by atoms with Crippen LogP contribution in [-0.2, 0) is 14.2 Å². The fourth-order valence-electron chi connectivity index (χ4n) is 3.58. The van der Waals surface area contributed by atoms with E-state index in [9.17, 15) is 21.6 Å². The molecule has 24 heavy (non-hydrogen) atoms. The Hall–Kier alpha value is -0.315. The molecular formula is C14H28BF3N2O3S. The monoisotopic (exact) mass is 372 g/mol. The van der Waals surface area contributed by atoms with Crippen molar-refractivity contribution in [3.8, 4) is 0 Å². The quantitative estimate of drug-likeness (QED) is 0.529. The van der Waals surface area contributed by atoms with Crippen molar-refractivity contribution in [2.24, 2.45) is 0 Å². The Morgan fingerprint density at radius 1 is 1.08 bits per heavy atom. The minimum atomic E-state index is -5.70. The lowest BCUT2D eigenvalue weighted by molar-refractivity contribution is -0.0526. The van der Waals surface area contributed by atoms with Crippen LogP contribution in [0.3, 0.4) is 0 Å². The second-order valence-electron chi connectivity index (χ2n) is 7.39. The molecule has 0 aliphatic carbocycles. The maximum Gasteiger partial charge on any atom is 0.521 e. The first-order valence-electron chi connectivity index (χ1n) is 8.22. The van der Waals surface area contributed by atoms with Gasteiger partial charge in [-0.25, -0.2) is 0 Å². The third kappa shape index (κ3) is 4.45. The van der Waals surface area contributed by atoms with Crippen LogP contribution >= 0.6 is 0 Å². The van der Waals surface area contributed by atoms with Crippen molar-refractivity contribution in [2.75, 3.05) is 13.1 Å². The van der Waals surface area contributed by atoms with Gasteiger partial charge in [-0.2, -0.15) is 21.6 Å². The molecule has 0 aromatic rings. The zero-order valence-corrected chi connectivity index (χ0v) is 16.1. The molecule has 1 heterocycles. The first-order valence-corrected chi connectivity index (χ1v) is 9.63. The summed E-state index contributed by atoms with van der Waals surface area (Å²) >= 11 is 0. The van der Waals surface area contributed by atoms with Gasteiger partial charge in [-0.05, 0) is 60.0 Å². The molecule has 10 heteroatoms. The van der Waals surface area contributed by atoms with E-state index in [1.807, 2.05) is 27.7 Å². The predicted octanol–water partition coefficient (Wildman–Crippen LogP) is 3.22. The van der Waals surface area contributed by atoms with Crippen molar-refractivity contribution >= 4 is 17.3 Å². The van der Waals surface area contributed by atoms with Crippen molar-refractivity contribution in [1.29, 1.82) is 0 Å². The number of hydrogen-bond donors (Lipinski definition) is 0. The molecule has 0 bridgehead atoms. The van der Waals surface area contributed by atoms with Crippen LogP contribution in [0.2, 0.25) is 0 Å². The van der Waals surface area contributed by atoms with Gasteiger partial charge in [0.15, 0.2) is 0 Å². The average molecular weight is 372 g/mol. The highest BCUT2D eigenvalue weighted by Gasteiger charge is 2.56. The maximum atomic E-state index is 12.9. The molecule has 0 saturated carbocycles. The first-order chi connectivity index (χ1) is 10.7. The van der Waals surface area contributed by atoms with Crippen LogP contribution in [0.5, 0.6) is 0 Å². The summed E-state index contributed by atoms with van der Waals surface area (Å²) in [5, 5.41) is 0. The van der Waals surface area contributed by atoms with Crippen LogP contribution in [0.4, 0.5) is 13.2 Å². The molecule has 0 amide bonds. The average Bonchev–Trinajstić information content (AvgIpc) is 2.35. The van der Waals surface area contributed by atoms with Crippen molar-refractivity contribution in [1.82, 2.24) is 9.62 Å². The standard InChI is InChI=1S/C14H28BF3N2O3S/c1-7-19(8-2)15(23-24(21,22)14(16,17)18)20-12(3,4)10-9-11-13(20,5)6/h7-11H2,1-6H3. The fraction of sp³-hybridized carbons (Fsp3) is 1.00. The smallest absolute Gasteiger partial charge is 0.302 e. The van der Waals surface area contributed by atoms with Crippen molar-refractivity contribution in [3.63, 3.8) is 0 Å². The lowest BCUT2D eigenvalue weighted by Crippen LogP contribution is -2.70. The molecule has 0 spiro atoms. The molecule has 0 radical (unpaired) electrons. The minimum absolute atomic E-state index is 0.372. The molecule has 1 fully saturated rings. The van der Waals surface area contributed by atoms with Crippen LogP contribution in [0.25, 0.3) is 0 Å². The highest BCUT2D eigenvalue weighted by Crippen LogP contribution is 2.40. The van der Waals surface area contributed by atoms with E-state index in [-0.39, 0.29) is 0 Å². The third-order valence-corrected chi connectivity index (χ3v) is 5.72. The fourth-order valence-corrected chi connectivity index (χ4v) is 4.13. The molecule has 1 aliphatic heterocycles. The lowest BCUT2D eigenvalue weighted by atomic mass is 9.71. The summed E-state index contributed by atoms with van der Waals surface area (Å²) in [5.41, 5.74) is -6.42. The number of piperidine rings is 1. The number of rotatable bonds is 6. The van der Waals surface area contributed by atoms with E-state index in [0.29, 0.717) is 13.1 Å². The summed E-state index contributed by atoms with van der Waals surface area (Å²) in [6, 6.07) is 0. The zero-order valence-electron chi connectivity index (χ0n) is 15.3. The van der Waals surface area contributed by atoms with Crippen molar-refractivity contribution < 1.29 is 25.7 Å². The van der Waals surface area contributed by atoms with E-state index in [4.69, 9.17) is 4.10 Å². The normalized spacial score (nSPS) is 21.9. The largest absolute Gasteiger partial charge is 0.521 e. The van der Waals surface area contributed by atoms with Crippen molar-refractivity contribution in [3.05, 3.63) is 0 Å². The highest BCUT2D eigenvalue weighted by atomic mass is 32.2. The Morgan fingerprint density at radius 2 is 1.50 bits per heavy atom. The van der Waals surface area contributed by atoms with Gasteiger partial charge in [-0.1, -0.05) is 13.8 Å². The third-order valence-electron chi connectivity index (χ3n) is 4.72. The molecule has 0 unspecified atom stereocenters. The van der Waals surface area contributed by atoms with Crippen LogP contribution in [0.15, 0.2) is 0 Å². The zero-order chi connectivity index (χ0) is 19.0. The van der Waals surface area contributed by atoms with Gasteiger partial charge in [0.25, 0.3) is 0 Å². The number of halogens is 3. The Morgan fingerprint density at radius 3 is 1.83 bits per heavy atom. The molecule has 1 rings (SSSR count). The number of hydrogen-bond acceptors (Lipinski definition) is 5. The minimum Gasteiger partial charge on any atom is -0.302 e. The molecule has 142 valence electrons. The SMILES string of the molecule is CCN(CC)B(OS(=O)(=O)C(F)(F)F)N1C(C)(C)CCCC1(C)C. The Bertz CT molecular complexity index is 518. The molecule has 1 saturated heterocycles. The maximum absolute atomic E-state index is 12.9. The summed E-state index contributed by atoms with van der Waals surface area (Å²) in [4.78, 5) is 3.37. The molecule has 0 aromatic heterocycles. The Labute approximate surface area is 143 Å². The highest BCUT2D eigenvalue weighted by molar-refractivity contribution is 7.88. The Kier molecular flexibility index (Phi) is 6.45. The summed E-state index contributed by atoms with van der Waals surface area (Å²) in [7, 11) is -6.99. The van der Waals surface area contributed by atoms with Crippen LogP contribution in [0.1, 0.15) is 60.8 Å². The summed E-state index contributed by atoms with van der Waals surface area (Å²) < 4.78 is 66.7. The predicted molar refractivity (Wildman–Crippen MR) is 88.6 cm³/mol. The number of nitrogens with zero attached hydrogens (tertiary/aromatic N) is 2. The van der Waals surface area contributed by atoms with E-state index in [1.54, 1.807) is 23.5 Å². The van der Waals surface area contributed by atoms with Gasteiger partial charge in [0.1, 0.15) is 0 Å². The van der Waals surface area contributed by atoms with Crippen LogP contribution in [-0.4, -0.2) is 54.9 Å². The van der Waals surface area contributed by atoms with E-state index in [1.165, 1.54) is 0 Å². The number of alkyl halides is 3. The van der Waals surface area contributed by atoms with Gasteiger partial charge in [0, 0.05) is 11.1 Å². The van der Waals surface area contributed by atoms with Gasteiger partial charge in [0.05, 0.1) is 0 Å². The molecule has 0 N–H and O–H groups in total. The van der Waals surface area contributed by atoms with E-state index < -0.39 is 33.9 Å². The summed E-state index contributed by atoms with van der Waals surface area (Å²) in [6.45, 7) is 11.9. The Balaban J connectivity index is 3.37. The van der Waals surface area contributed by atoms with Gasteiger partial charge >= 0.3 is 22.8 Å². The van der Waals surface area contributed by atoms with Gasteiger partial charge < -0.3 is 4.81 Å². The van der Waals surface area contributed by atoms with Crippen LogP contribution < -0.4 is 0 Å². The van der Waals surface area contributed by atoms with E-state index >= 15 is 0 Å². The van der Waals surface area contributed by atoms with Gasteiger partial charge in [0.2, 0.25) is 0 Å². The molecule has 1 aliphatic rings. The van der Waals surface area contributed by atoms with Gasteiger partial charge in [-0.3, -0.25) is 8.91 Å². The first kappa shape index (κ1) is 21.7.